The van der Waals surface area contributed by atoms with Gasteiger partial charge in [0, 0.05) is 30.4 Å². The number of rotatable bonds is 3. The fraction of sp³-hybridized carbons (Fsp3) is 0.438. The number of H-pyrrole nitrogens is 1. The Labute approximate surface area is 129 Å². The zero-order valence-electron chi connectivity index (χ0n) is 13.5. The molecule has 118 valence electrons. The molecule has 0 spiro atoms. The maximum atomic E-state index is 12.3. The lowest BCUT2D eigenvalue weighted by molar-refractivity contribution is -0.117. The van der Waals surface area contributed by atoms with Crippen LogP contribution >= 0.6 is 0 Å². The second-order valence-corrected chi connectivity index (χ2v) is 6.41. The SMILES string of the molecule is CN(C(=O)OC(C)(C)C)C(C)(C=O)c1c[nH]c2ncccc12. The highest BCUT2D eigenvalue weighted by Gasteiger charge is 2.38. The van der Waals surface area contributed by atoms with Gasteiger partial charge in [0.2, 0.25) is 0 Å². The lowest BCUT2D eigenvalue weighted by atomic mass is 9.92. The number of hydrogen-bond donors (Lipinski definition) is 1. The van der Waals surface area contributed by atoms with Crippen molar-refractivity contribution in [1.82, 2.24) is 14.9 Å². The second kappa shape index (κ2) is 5.44. The molecule has 0 radical (unpaired) electrons. The molecular weight excluding hydrogens is 282 g/mol. The van der Waals surface area contributed by atoms with E-state index in [1.807, 2.05) is 6.07 Å². The number of likely N-dealkylation sites (N-methyl/N-ethyl adjacent to an activating group) is 1. The summed E-state index contributed by atoms with van der Waals surface area (Å²) in [5.41, 5.74) is -0.428. The number of pyridine rings is 1. The zero-order chi connectivity index (χ0) is 16.5. The number of nitrogens with one attached hydrogen (secondary N) is 1. The Morgan fingerprint density at radius 1 is 1.36 bits per heavy atom. The van der Waals surface area contributed by atoms with Gasteiger partial charge in [-0.05, 0) is 39.8 Å². The van der Waals surface area contributed by atoms with E-state index in [-0.39, 0.29) is 0 Å². The number of aromatic nitrogens is 2. The highest BCUT2D eigenvalue weighted by molar-refractivity contribution is 5.88. The van der Waals surface area contributed by atoms with Gasteiger partial charge >= 0.3 is 6.09 Å². The molecule has 2 heterocycles. The van der Waals surface area contributed by atoms with Gasteiger partial charge in [0.1, 0.15) is 23.1 Å². The molecule has 2 aromatic heterocycles. The van der Waals surface area contributed by atoms with Crippen LogP contribution in [0, 0.1) is 0 Å². The van der Waals surface area contributed by atoms with Crippen molar-refractivity contribution in [3.63, 3.8) is 0 Å². The monoisotopic (exact) mass is 303 g/mol. The molecule has 0 aromatic carbocycles. The molecule has 0 fully saturated rings. The van der Waals surface area contributed by atoms with E-state index >= 15 is 0 Å². The summed E-state index contributed by atoms with van der Waals surface area (Å²) in [6.07, 6.45) is 3.55. The average Bonchev–Trinajstić information content (AvgIpc) is 2.88. The van der Waals surface area contributed by atoms with Crippen LogP contribution in [0.2, 0.25) is 0 Å². The van der Waals surface area contributed by atoms with Crippen molar-refractivity contribution in [3.8, 4) is 0 Å². The molecule has 1 unspecified atom stereocenters. The van der Waals surface area contributed by atoms with Gasteiger partial charge in [0.25, 0.3) is 0 Å². The predicted octanol–water partition coefficient (Wildman–Crippen LogP) is 2.84. The summed E-state index contributed by atoms with van der Waals surface area (Å²) in [6.45, 7) is 7.03. The van der Waals surface area contributed by atoms with E-state index < -0.39 is 17.2 Å². The Hall–Kier alpha value is -2.37. The van der Waals surface area contributed by atoms with Crippen molar-refractivity contribution >= 4 is 23.4 Å². The van der Waals surface area contributed by atoms with E-state index in [2.05, 4.69) is 9.97 Å². The first-order chi connectivity index (χ1) is 10.2. The quantitative estimate of drug-likeness (QED) is 0.885. The molecule has 0 saturated heterocycles. The van der Waals surface area contributed by atoms with Crippen molar-refractivity contribution in [2.45, 2.75) is 38.8 Å². The summed E-state index contributed by atoms with van der Waals surface area (Å²) in [5.74, 6) is 0. The van der Waals surface area contributed by atoms with Crippen molar-refractivity contribution < 1.29 is 14.3 Å². The molecule has 0 bridgehead atoms. The van der Waals surface area contributed by atoms with Gasteiger partial charge in [-0.1, -0.05) is 0 Å². The zero-order valence-corrected chi connectivity index (χ0v) is 13.5. The first-order valence-electron chi connectivity index (χ1n) is 7.05. The fourth-order valence-corrected chi connectivity index (χ4v) is 2.22. The van der Waals surface area contributed by atoms with Crippen molar-refractivity contribution in [2.24, 2.45) is 0 Å². The van der Waals surface area contributed by atoms with E-state index in [0.717, 1.165) is 11.7 Å². The van der Waals surface area contributed by atoms with Crippen LogP contribution in [0.1, 0.15) is 33.3 Å². The Morgan fingerprint density at radius 2 is 2.05 bits per heavy atom. The standard InChI is InChI=1S/C16H21N3O3/c1-15(2,3)22-14(21)19(5)16(4,10-20)12-9-18-13-11(12)7-6-8-17-13/h6-10H,1-5H3,(H,17,18). The summed E-state index contributed by atoms with van der Waals surface area (Å²) in [6, 6.07) is 3.65. The predicted molar refractivity (Wildman–Crippen MR) is 83.5 cm³/mol. The normalized spacial score (nSPS) is 14.4. The van der Waals surface area contributed by atoms with Crippen LogP contribution in [0.3, 0.4) is 0 Å². The van der Waals surface area contributed by atoms with Crippen molar-refractivity contribution in [2.75, 3.05) is 7.05 Å². The van der Waals surface area contributed by atoms with Gasteiger partial charge < -0.3 is 14.5 Å². The van der Waals surface area contributed by atoms with Crippen molar-refractivity contribution in [3.05, 3.63) is 30.1 Å². The Balaban J connectivity index is 2.44. The maximum Gasteiger partial charge on any atom is 0.411 e. The third kappa shape index (κ3) is 2.81. The molecule has 0 aliphatic rings. The molecular formula is C16H21N3O3. The molecule has 0 aliphatic heterocycles. The smallest absolute Gasteiger partial charge is 0.411 e. The van der Waals surface area contributed by atoms with Gasteiger partial charge in [0.15, 0.2) is 0 Å². The van der Waals surface area contributed by atoms with E-state index in [1.165, 1.54) is 4.90 Å². The molecule has 6 heteroatoms. The molecule has 22 heavy (non-hydrogen) atoms. The van der Waals surface area contributed by atoms with Crippen molar-refractivity contribution in [1.29, 1.82) is 0 Å². The number of hydrogen-bond acceptors (Lipinski definition) is 4. The largest absolute Gasteiger partial charge is 0.444 e. The highest BCUT2D eigenvalue weighted by atomic mass is 16.6. The number of fused-ring (bicyclic) bond motifs is 1. The molecule has 6 nitrogen and oxygen atoms in total. The van der Waals surface area contributed by atoms with Gasteiger partial charge in [-0.15, -0.1) is 0 Å². The van der Waals surface area contributed by atoms with Gasteiger partial charge in [-0.2, -0.15) is 0 Å². The first kappa shape index (κ1) is 16.0. The Bertz CT molecular complexity index is 702. The van der Waals surface area contributed by atoms with E-state index in [9.17, 15) is 9.59 Å². The number of carbonyl (C=O) groups is 2. The topological polar surface area (TPSA) is 75.3 Å². The number of nitrogens with zero attached hydrogens (tertiary/aromatic N) is 2. The summed E-state index contributed by atoms with van der Waals surface area (Å²) >= 11 is 0. The van der Waals surface area contributed by atoms with Crippen LogP contribution in [-0.4, -0.2) is 39.9 Å². The first-order valence-corrected chi connectivity index (χ1v) is 7.05. The van der Waals surface area contributed by atoms with Gasteiger partial charge in [-0.3, -0.25) is 4.90 Å². The Kier molecular flexibility index (Phi) is 3.96. The van der Waals surface area contributed by atoms with E-state index in [1.54, 1.807) is 53.2 Å². The van der Waals surface area contributed by atoms with Crippen LogP contribution in [0.15, 0.2) is 24.5 Å². The minimum atomic E-state index is -1.15. The molecule has 2 rings (SSSR count). The van der Waals surface area contributed by atoms with Crippen LogP contribution in [0.4, 0.5) is 4.79 Å². The molecule has 1 N–H and O–H groups in total. The van der Waals surface area contributed by atoms with Crippen LogP contribution in [0.5, 0.6) is 0 Å². The van der Waals surface area contributed by atoms with Crippen LogP contribution in [-0.2, 0) is 15.1 Å². The average molecular weight is 303 g/mol. The molecule has 0 saturated carbocycles. The van der Waals surface area contributed by atoms with E-state index in [0.29, 0.717) is 11.2 Å². The molecule has 1 atom stereocenters. The second-order valence-electron chi connectivity index (χ2n) is 6.41. The third-order valence-corrected chi connectivity index (χ3v) is 3.59. The number of amides is 1. The van der Waals surface area contributed by atoms with Crippen LogP contribution in [0.25, 0.3) is 11.0 Å². The van der Waals surface area contributed by atoms with Gasteiger partial charge in [-0.25, -0.2) is 9.78 Å². The fourth-order valence-electron chi connectivity index (χ4n) is 2.22. The lowest BCUT2D eigenvalue weighted by Gasteiger charge is -2.35. The molecule has 0 aliphatic carbocycles. The summed E-state index contributed by atoms with van der Waals surface area (Å²) in [5, 5.41) is 0.799. The number of ether oxygens (including phenoxy) is 1. The molecule has 2 aromatic rings. The minimum Gasteiger partial charge on any atom is -0.444 e. The molecule has 1 amide bonds. The lowest BCUT2D eigenvalue weighted by Crippen LogP contribution is -2.48. The summed E-state index contributed by atoms with van der Waals surface area (Å²) in [4.78, 5) is 32.6. The minimum absolute atomic E-state index is 0.555. The summed E-state index contributed by atoms with van der Waals surface area (Å²) in [7, 11) is 1.55. The highest BCUT2D eigenvalue weighted by Crippen LogP contribution is 2.31. The number of aromatic amines is 1. The third-order valence-electron chi connectivity index (χ3n) is 3.59. The van der Waals surface area contributed by atoms with Crippen LogP contribution < -0.4 is 0 Å². The van der Waals surface area contributed by atoms with E-state index in [4.69, 9.17) is 4.74 Å². The van der Waals surface area contributed by atoms with Gasteiger partial charge in [0.05, 0.1) is 0 Å². The number of aldehydes is 1. The summed E-state index contributed by atoms with van der Waals surface area (Å²) < 4.78 is 5.36. The number of carbonyl (C=O) groups excluding carboxylic acids is 2. The Morgan fingerprint density at radius 3 is 2.64 bits per heavy atom. The maximum absolute atomic E-state index is 12.3.